The Morgan fingerprint density at radius 2 is 1.59 bits per heavy atom. The Balaban J connectivity index is 2.11. The molecule has 0 fully saturated rings. The molecule has 152 valence electrons. The van der Waals surface area contributed by atoms with E-state index in [1.165, 1.54) is 30.6 Å². The van der Waals surface area contributed by atoms with E-state index in [1.54, 1.807) is 0 Å². The van der Waals surface area contributed by atoms with E-state index in [2.05, 4.69) is 19.9 Å². The summed E-state index contributed by atoms with van der Waals surface area (Å²) >= 11 is 0. The minimum Gasteiger partial charge on any atom is -0.348 e. The van der Waals surface area contributed by atoms with Gasteiger partial charge < -0.3 is 15.0 Å². The highest BCUT2D eigenvalue weighted by molar-refractivity contribution is 5.50. The van der Waals surface area contributed by atoms with Crippen molar-refractivity contribution in [1.82, 2.24) is 19.9 Å². The molecular formula is C20H19F3N4O2. The summed E-state index contributed by atoms with van der Waals surface area (Å²) in [6.45, 7) is 5.91. The van der Waals surface area contributed by atoms with Crippen molar-refractivity contribution in [3.63, 3.8) is 0 Å². The standard InChI is InChI=1S/C20H19F3N4O2/c1-19(2,3)16-13(24-10-25-16)9-15-18(29)26-14(17(28)27-15)8-11-5-4-6-12(7-11)20(21,22)23/h4-10H,1-3H3,(H,24,25)(H,26,29)(H,27,28)/b14-8+,15-9+. The number of aromatic nitrogens is 4. The van der Waals surface area contributed by atoms with Crippen molar-refractivity contribution < 1.29 is 13.2 Å². The summed E-state index contributed by atoms with van der Waals surface area (Å²) in [6.07, 6.45) is -0.370. The average molecular weight is 404 g/mol. The van der Waals surface area contributed by atoms with Crippen LogP contribution in [0.1, 0.15) is 43.3 Å². The summed E-state index contributed by atoms with van der Waals surface area (Å²) in [5.74, 6) is 0. The fraction of sp³-hybridized carbons (Fsp3) is 0.250. The highest BCUT2D eigenvalue weighted by Crippen LogP contribution is 2.29. The van der Waals surface area contributed by atoms with Crippen LogP contribution in [0, 0.1) is 0 Å². The molecule has 0 saturated heterocycles. The van der Waals surface area contributed by atoms with Gasteiger partial charge in [0.2, 0.25) is 0 Å². The molecule has 0 unspecified atom stereocenters. The van der Waals surface area contributed by atoms with E-state index < -0.39 is 22.9 Å². The maximum Gasteiger partial charge on any atom is 0.416 e. The normalized spacial score (nSPS) is 13.9. The molecule has 29 heavy (non-hydrogen) atoms. The molecule has 0 spiro atoms. The molecule has 0 aliphatic carbocycles. The fourth-order valence-corrected chi connectivity index (χ4v) is 2.82. The minimum absolute atomic E-state index is 0.00575. The van der Waals surface area contributed by atoms with Crippen molar-refractivity contribution in [2.75, 3.05) is 0 Å². The number of H-pyrrole nitrogens is 3. The smallest absolute Gasteiger partial charge is 0.348 e. The van der Waals surface area contributed by atoms with Crippen LogP contribution in [0.4, 0.5) is 13.2 Å². The Labute approximate surface area is 162 Å². The molecule has 6 nitrogen and oxygen atoms in total. The molecule has 3 N–H and O–H groups in total. The Kier molecular flexibility index (Phi) is 5.08. The van der Waals surface area contributed by atoms with Gasteiger partial charge in [-0.25, -0.2) is 4.98 Å². The molecule has 0 radical (unpaired) electrons. The van der Waals surface area contributed by atoms with Crippen molar-refractivity contribution in [3.05, 3.63) is 84.5 Å². The van der Waals surface area contributed by atoms with Crippen molar-refractivity contribution >= 4 is 12.2 Å². The van der Waals surface area contributed by atoms with Crippen molar-refractivity contribution in [1.29, 1.82) is 0 Å². The van der Waals surface area contributed by atoms with E-state index in [9.17, 15) is 22.8 Å². The third-order valence-corrected chi connectivity index (χ3v) is 4.21. The number of nitrogens with one attached hydrogen (secondary N) is 3. The fourth-order valence-electron chi connectivity index (χ4n) is 2.82. The quantitative estimate of drug-likeness (QED) is 0.608. The minimum atomic E-state index is -4.50. The molecule has 0 atom stereocenters. The van der Waals surface area contributed by atoms with Crippen LogP contribution in [0.15, 0.2) is 40.2 Å². The summed E-state index contributed by atoms with van der Waals surface area (Å²) in [7, 11) is 0. The van der Waals surface area contributed by atoms with E-state index in [0.29, 0.717) is 5.69 Å². The first-order chi connectivity index (χ1) is 13.4. The van der Waals surface area contributed by atoms with Gasteiger partial charge in [-0.2, -0.15) is 13.2 Å². The molecule has 0 bridgehead atoms. The van der Waals surface area contributed by atoms with Gasteiger partial charge in [0.05, 0.1) is 17.6 Å². The zero-order valence-corrected chi connectivity index (χ0v) is 15.9. The first-order valence-electron chi connectivity index (χ1n) is 8.72. The Bertz CT molecular complexity index is 1270. The van der Waals surface area contributed by atoms with Crippen LogP contribution in [-0.4, -0.2) is 19.9 Å². The van der Waals surface area contributed by atoms with Gasteiger partial charge in [-0.3, -0.25) is 9.59 Å². The molecule has 0 saturated carbocycles. The van der Waals surface area contributed by atoms with Gasteiger partial charge in [-0.1, -0.05) is 32.9 Å². The van der Waals surface area contributed by atoms with Gasteiger partial charge in [0.25, 0.3) is 11.1 Å². The summed E-state index contributed by atoms with van der Waals surface area (Å²) < 4.78 is 38.5. The third kappa shape index (κ3) is 4.56. The predicted molar refractivity (Wildman–Crippen MR) is 103 cm³/mol. The van der Waals surface area contributed by atoms with Crippen molar-refractivity contribution in [3.8, 4) is 0 Å². The summed E-state index contributed by atoms with van der Waals surface area (Å²) in [4.78, 5) is 36.8. The van der Waals surface area contributed by atoms with Gasteiger partial charge in [0, 0.05) is 11.1 Å². The second-order valence-electron chi connectivity index (χ2n) is 7.56. The van der Waals surface area contributed by atoms with Gasteiger partial charge in [0.15, 0.2) is 0 Å². The molecule has 1 aromatic carbocycles. The second kappa shape index (κ2) is 7.23. The molecule has 0 amide bonds. The maximum absolute atomic E-state index is 12.8. The van der Waals surface area contributed by atoms with E-state index in [-0.39, 0.29) is 21.7 Å². The van der Waals surface area contributed by atoms with Gasteiger partial charge >= 0.3 is 6.18 Å². The summed E-state index contributed by atoms with van der Waals surface area (Å²) in [5.41, 5.74) is -0.896. The van der Waals surface area contributed by atoms with Crippen LogP contribution in [-0.2, 0) is 11.6 Å². The maximum atomic E-state index is 12.8. The van der Waals surface area contributed by atoms with Crippen LogP contribution in [0.25, 0.3) is 12.2 Å². The predicted octanol–water partition coefficient (Wildman–Crippen LogP) is 1.76. The molecule has 2 heterocycles. The monoisotopic (exact) mass is 404 g/mol. The van der Waals surface area contributed by atoms with Gasteiger partial charge in [-0.05, 0) is 29.8 Å². The zero-order chi connectivity index (χ0) is 21.4. The lowest BCUT2D eigenvalue weighted by molar-refractivity contribution is -0.137. The number of imidazole rings is 1. The topological polar surface area (TPSA) is 94.4 Å². The zero-order valence-electron chi connectivity index (χ0n) is 15.9. The van der Waals surface area contributed by atoms with Gasteiger partial charge in [0.1, 0.15) is 10.7 Å². The number of hydrogen-bond acceptors (Lipinski definition) is 3. The Morgan fingerprint density at radius 1 is 0.966 bits per heavy atom. The van der Waals surface area contributed by atoms with E-state index in [1.807, 2.05) is 20.8 Å². The molecule has 9 heteroatoms. The molecule has 3 rings (SSSR count). The van der Waals surface area contributed by atoms with Crippen LogP contribution in [0.5, 0.6) is 0 Å². The Hall–Kier alpha value is -3.36. The molecule has 0 aliphatic heterocycles. The molecule has 0 aliphatic rings. The molecule has 3 aromatic rings. The van der Waals surface area contributed by atoms with E-state index in [0.717, 1.165) is 17.8 Å². The number of aromatic amines is 3. The average Bonchev–Trinajstić information content (AvgIpc) is 3.07. The number of alkyl halides is 3. The van der Waals surface area contributed by atoms with Crippen LogP contribution >= 0.6 is 0 Å². The van der Waals surface area contributed by atoms with Crippen molar-refractivity contribution in [2.45, 2.75) is 32.4 Å². The number of rotatable bonds is 2. The lowest BCUT2D eigenvalue weighted by Gasteiger charge is -2.16. The first kappa shape index (κ1) is 20.4. The number of hydrogen-bond donors (Lipinski definition) is 3. The SMILES string of the molecule is CC(C)(C)c1[nH]cnc1/C=c1/[nH]c(=O)/c(=C\c2cccc(C(F)(F)F)c2)[nH]c1=O. The number of nitrogens with zero attached hydrogens (tertiary/aromatic N) is 1. The van der Waals surface area contributed by atoms with Gasteiger partial charge in [-0.15, -0.1) is 0 Å². The molecular weight excluding hydrogens is 385 g/mol. The largest absolute Gasteiger partial charge is 0.416 e. The van der Waals surface area contributed by atoms with E-state index in [4.69, 9.17) is 0 Å². The van der Waals surface area contributed by atoms with Crippen LogP contribution < -0.4 is 21.8 Å². The first-order valence-corrected chi connectivity index (χ1v) is 8.72. The third-order valence-electron chi connectivity index (χ3n) is 4.21. The van der Waals surface area contributed by atoms with Crippen molar-refractivity contribution in [2.24, 2.45) is 0 Å². The highest BCUT2D eigenvalue weighted by atomic mass is 19.4. The summed E-state index contributed by atoms with van der Waals surface area (Å²) in [5, 5.41) is -0.154. The van der Waals surface area contributed by atoms with E-state index >= 15 is 0 Å². The molecule has 2 aromatic heterocycles. The highest BCUT2D eigenvalue weighted by Gasteiger charge is 2.30. The van der Waals surface area contributed by atoms with Crippen LogP contribution in [0.2, 0.25) is 0 Å². The van der Waals surface area contributed by atoms with Crippen LogP contribution in [0.3, 0.4) is 0 Å². The second-order valence-corrected chi connectivity index (χ2v) is 7.56. The number of halogens is 3. The summed E-state index contributed by atoms with van der Waals surface area (Å²) in [6, 6.07) is 4.47. The lowest BCUT2D eigenvalue weighted by atomic mass is 9.90. The number of benzene rings is 1. The lowest BCUT2D eigenvalue weighted by Crippen LogP contribution is -2.46. The Morgan fingerprint density at radius 3 is 2.17 bits per heavy atom.